The molecule has 1 N–H and O–H groups in total. The molecule has 4 rings (SSSR count). The third-order valence-electron chi connectivity index (χ3n) is 5.10. The lowest BCUT2D eigenvalue weighted by molar-refractivity contribution is -0.0371. The molecule has 2 aliphatic carbocycles. The highest BCUT2D eigenvalue weighted by molar-refractivity contribution is 6.32. The van der Waals surface area contributed by atoms with Crippen molar-refractivity contribution in [3.8, 4) is 0 Å². The van der Waals surface area contributed by atoms with Gasteiger partial charge in [0, 0.05) is 11.6 Å². The third kappa shape index (κ3) is 2.67. The Morgan fingerprint density at radius 3 is 2.86 bits per heavy atom. The van der Waals surface area contributed by atoms with Crippen LogP contribution in [0.25, 0.3) is 0 Å². The van der Waals surface area contributed by atoms with Crippen molar-refractivity contribution in [3.63, 3.8) is 0 Å². The molecule has 1 aliphatic heterocycles. The lowest BCUT2D eigenvalue weighted by Crippen LogP contribution is -2.35. The van der Waals surface area contributed by atoms with E-state index in [1.807, 2.05) is 0 Å². The van der Waals surface area contributed by atoms with E-state index in [0.717, 1.165) is 37.1 Å². The number of halogens is 2. The molecule has 1 aromatic rings. The summed E-state index contributed by atoms with van der Waals surface area (Å²) >= 11 is 12.1. The minimum atomic E-state index is 0.249. The molecule has 1 aromatic heterocycles. The van der Waals surface area contributed by atoms with Crippen LogP contribution in [0.15, 0.2) is 0 Å². The Morgan fingerprint density at radius 2 is 1.95 bits per heavy atom. The van der Waals surface area contributed by atoms with Crippen LogP contribution in [0.4, 0.5) is 0 Å². The summed E-state index contributed by atoms with van der Waals surface area (Å²) in [7, 11) is 0. The number of fused-ring (bicyclic) bond motifs is 2. The predicted molar refractivity (Wildman–Crippen MR) is 81.9 cm³/mol. The van der Waals surface area contributed by atoms with Crippen molar-refractivity contribution in [1.82, 2.24) is 15.3 Å². The van der Waals surface area contributed by atoms with E-state index in [2.05, 4.69) is 15.3 Å². The first kappa shape index (κ1) is 14.2. The fourth-order valence-corrected chi connectivity index (χ4v) is 4.56. The Hall–Kier alpha value is -0.420. The number of hydrogen-bond donors (Lipinski definition) is 1. The van der Waals surface area contributed by atoms with Crippen LogP contribution in [-0.2, 0) is 17.6 Å². The second kappa shape index (κ2) is 5.65. The summed E-state index contributed by atoms with van der Waals surface area (Å²) in [4.78, 5) is 8.41. The Kier molecular flexibility index (Phi) is 3.82. The Morgan fingerprint density at radius 1 is 1.05 bits per heavy atom. The van der Waals surface area contributed by atoms with Crippen molar-refractivity contribution in [2.45, 2.75) is 56.8 Å². The average molecular weight is 328 g/mol. The van der Waals surface area contributed by atoms with E-state index in [0.29, 0.717) is 23.2 Å². The van der Waals surface area contributed by atoms with Gasteiger partial charge in [0.15, 0.2) is 0 Å². The molecule has 1 saturated carbocycles. The predicted octanol–water partition coefficient (Wildman–Crippen LogP) is 2.80. The average Bonchev–Trinajstić information content (AvgIpc) is 3.01. The second-order valence-electron chi connectivity index (χ2n) is 6.37. The van der Waals surface area contributed by atoms with Gasteiger partial charge in [0.1, 0.15) is 5.15 Å². The molecular formula is C15H19Cl2N3O. The zero-order valence-corrected chi connectivity index (χ0v) is 13.3. The van der Waals surface area contributed by atoms with Crippen LogP contribution in [0.5, 0.6) is 0 Å². The van der Waals surface area contributed by atoms with Crippen molar-refractivity contribution in [2.75, 3.05) is 6.54 Å². The number of hydrogen-bond acceptors (Lipinski definition) is 4. The molecule has 3 aliphatic rings. The summed E-state index contributed by atoms with van der Waals surface area (Å²) in [6, 6.07) is 0.552. The van der Waals surface area contributed by atoms with Crippen LogP contribution in [0.2, 0.25) is 10.4 Å². The van der Waals surface area contributed by atoms with Crippen molar-refractivity contribution in [3.05, 3.63) is 21.7 Å². The van der Waals surface area contributed by atoms with Gasteiger partial charge in [0.25, 0.3) is 0 Å². The van der Waals surface area contributed by atoms with Crippen LogP contribution >= 0.6 is 23.2 Å². The van der Waals surface area contributed by atoms with Crippen LogP contribution in [-0.4, -0.2) is 34.8 Å². The van der Waals surface area contributed by atoms with Crippen LogP contribution in [0.3, 0.4) is 0 Å². The first-order valence-corrected chi connectivity index (χ1v) is 8.56. The van der Waals surface area contributed by atoms with Crippen LogP contribution < -0.4 is 5.32 Å². The molecule has 2 heterocycles. The normalized spacial score (nSPS) is 35.3. The molecule has 114 valence electrons. The van der Waals surface area contributed by atoms with Gasteiger partial charge in [-0.25, -0.2) is 9.97 Å². The summed E-state index contributed by atoms with van der Waals surface area (Å²) in [5, 5.41) is 4.40. The largest absolute Gasteiger partial charge is 0.373 e. The highest BCUT2D eigenvalue weighted by Crippen LogP contribution is 2.36. The van der Waals surface area contributed by atoms with E-state index in [-0.39, 0.29) is 11.4 Å². The Labute approximate surface area is 134 Å². The van der Waals surface area contributed by atoms with Gasteiger partial charge in [-0.2, -0.15) is 0 Å². The topological polar surface area (TPSA) is 47.0 Å². The van der Waals surface area contributed by atoms with E-state index < -0.39 is 0 Å². The maximum Gasteiger partial charge on any atom is 0.224 e. The third-order valence-corrected chi connectivity index (χ3v) is 5.58. The minimum absolute atomic E-state index is 0.249. The summed E-state index contributed by atoms with van der Waals surface area (Å²) in [5.41, 5.74) is 2.07. The van der Waals surface area contributed by atoms with E-state index in [4.69, 9.17) is 27.9 Å². The van der Waals surface area contributed by atoms with E-state index in [9.17, 15) is 0 Å². The Bertz CT molecular complexity index is 554. The number of ether oxygens (including phenoxy) is 1. The molecule has 0 radical (unpaired) electrons. The summed E-state index contributed by atoms with van der Waals surface area (Å²) in [6.45, 7) is 1.04. The van der Waals surface area contributed by atoms with Gasteiger partial charge in [-0.05, 0) is 62.6 Å². The molecular weight excluding hydrogens is 309 g/mol. The quantitative estimate of drug-likeness (QED) is 0.636. The lowest BCUT2D eigenvalue weighted by Gasteiger charge is -2.25. The smallest absolute Gasteiger partial charge is 0.224 e. The van der Waals surface area contributed by atoms with Gasteiger partial charge in [-0.3, -0.25) is 0 Å². The van der Waals surface area contributed by atoms with Crippen molar-refractivity contribution >= 4 is 23.2 Å². The number of aromatic nitrogens is 2. The fraction of sp³-hybridized carbons (Fsp3) is 0.733. The molecule has 6 heteroatoms. The minimum Gasteiger partial charge on any atom is -0.373 e. The molecule has 21 heavy (non-hydrogen) atoms. The van der Waals surface area contributed by atoms with Crippen LogP contribution in [0, 0.1) is 5.92 Å². The van der Waals surface area contributed by atoms with Gasteiger partial charge in [-0.1, -0.05) is 11.6 Å². The van der Waals surface area contributed by atoms with Crippen molar-refractivity contribution in [1.29, 1.82) is 0 Å². The number of nitrogens with zero attached hydrogens (tertiary/aromatic N) is 2. The van der Waals surface area contributed by atoms with E-state index >= 15 is 0 Å². The molecule has 2 fully saturated rings. The number of nitrogens with one attached hydrogen (secondary N) is 1. The van der Waals surface area contributed by atoms with Gasteiger partial charge < -0.3 is 10.1 Å². The standard InChI is InChI=1S/C15H19Cl2N3O/c16-14-9-6-8(7-11(9)19-15(17)20-14)12-4-5-18-10-2-1-3-13(10)21-12/h8,10,12-13,18H,1-7H2/t8?,10-,12?,13-/m0/s1. The number of rotatable bonds is 1. The van der Waals surface area contributed by atoms with Crippen LogP contribution in [0.1, 0.15) is 36.9 Å². The Balaban J connectivity index is 1.52. The van der Waals surface area contributed by atoms with Gasteiger partial charge in [0.05, 0.1) is 17.9 Å². The molecule has 1 saturated heterocycles. The zero-order valence-electron chi connectivity index (χ0n) is 11.8. The zero-order chi connectivity index (χ0) is 14.4. The van der Waals surface area contributed by atoms with E-state index in [1.165, 1.54) is 19.3 Å². The van der Waals surface area contributed by atoms with Gasteiger partial charge in [0.2, 0.25) is 5.28 Å². The molecule has 0 spiro atoms. The highest BCUT2D eigenvalue weighted by atomic mass is 35.5. The van der Waals surface area contributed by atoms with Crippen molar-refractivity contribution < 1.29 is 4.74 Å². The summed E-state index contributed by atoms with van der Waals surface area (Å²) < 4.78 is 6.43. The van der Waals surface area contributed by atoms with Crippen molar-refractivity contribution in [2.24, 2.45) is 5.92 Å². The molecule has 2 unspecified atom stereocenters. The summed E-state index contributed by atoms with van der Waals surface area (Å²) in [6.07, 6.45) is 7.24. The first-order chi connectivity index (χ1) is 10.2. The molecule has 0 bridgehead atoms. The van der Waals surface area contributed by atoms with Gasteiger partial charge in [-0.15, -0.1) is 0 Å². The highest BCUT2D eigenvalue weighted by Gasteiger charge is 2.38. The molecule has 4 atom stereocenters. The molecule has 0 amide bonds. The fourth-order valence-electron chi connectivity index (χ4n) is 4.06. The SMILES string of the molecule is Clc1nc(Cl)c2c(n1)CC(C1CCN[C@H]3CCC[C@@H]3O1)C2. The maximum atomic E-state index is 6.43. The van der Waals surface area contributed by atoms with E-state index in [1.54, 1.807) is 0 Å². The first-order valence-electron chi connectivity index (χ1n) is 7.80. The summed E-state index contributed by atoms with van der Waals surface area (Å²) in [5.74, 6) is 0.450. The maximum absolute atomic E-state index is 6.43. The molecule has 0 aromatic carbocycles. The van der Waals surface area contributed by atoms with Gasteiger partial charge >= 0.3 is 0 Å². The second-order valence-corrected chi connectivity index (χ2v) is 7.07. The lowest BCUT2D eigenvalue weighted by atomic mass is 9.96. The monoisotopic (exact) mass is 327 g/mol. The molecule has 4 nitrogen and oxygen atoms in total.